The van der Waals surface area contributed by atoms with Crippen LogP contribution in [-0.4, -0.2) is 45.5 Å². The first kappa shape index (κ1) is 22.5. The Morgan fingerprint density at radius 2 is 1.81 bits per heavy atom. The molecule has 0 bridgehead atoms. The second kappa shape index (κ2) is 9.85. The van der Waals surface area contributed by atoms with Crippen molar-refractivity contribution in [3.8, 4) is 0 Å². The van der Waals surface area contributed by atoms with Crippen LogP contribution in [0.1, 0.15) is 28.1 Å². The summed E-state index contributed by atoms with van der Waals surface area (Å²) in [6, 6.07) is 19.0. The van der Waals surface area contributed by atoms with Gasteiger partial charge in [0.15, 0.2) is 0 Å². The summed E-state index contributed by atoms with van der Waals surface area (Å²) in [7, 11) is -2.20. The summed E-state index contributed by atoms with van der Waals surface area (Å²) in [4.78, 5) is 16.3. The van der Waals surface area contributed by atoms with Crippen LogP contribution >= 0.6 is 11.3 Å². The van der Waals surface area contributed by atoms with E-state index < -0.39 is 10.0 Å². The van der Waals surface area contributed by atoms with Crippen molar-refractivity contribution in [1.29, 1.82) is 0 Å². The van der Waals surface area contributed by atoms with Crippen LogP contribution in [0.25, 0.3) is 0 Å². The third kappa shape index (κ3) is 5.03. The van der Waals surface area contributed by atoms with Gasteiger partial charge in [0.2, 0.25) is 0 Å². The van der Waals surface area contributed by atoms with Crippen LogP contribution in [0.3, 0.4) is 0 Å². The number of amides is 1. The van der Waals surface area contributed by atoms with Crippen LogP contribution < -0.4 is 4.31 Å². The smallest absolute Gasteiger partial charge is 0.264 e. The standard InChI is InChI=1S/C24H26N2O4S2/c1-25(20-7-3-2-4-8-20)32(28,29)23-13-11-19(12-14-23)24(27)26(17-21-9-5-15-30-21)18-22-10-6-16-31-22/h2-4,6-8,10-14,16,21H,5,9,15,17-18H2,1H3. The molecular weight excluding hydrogens is 444 g/mol. The molecule has 1 fully saturated rings. The molecule has 1 aromatic heterocycles. The third-order valence-corrected chi connectivity index (χ3v) is 8.20. The van der Waals surface area contributed by atoms with Gasteiger partial charge in [-0.05, 0) is 60.7 Å². The van der Waals surface area contributed by atoms with Crippen molar-refractivity contribution in [3.05, 3.63) is 82.6 Å². The van der Waals surface area contributed by atoms with Gasteiger partial charge >= 0.3 is 0 Å². The fourth-order valence-corrected chi connectivity index (χ4v) is 5.65. The lowest BCUT2D eigenvalue weighted by molar-refractivity contribution is 0.0509. The molecule has 4 rings (SSSR count). The molecule has 32 heavy (non-hydrogen) atoms. The van der Waals surface area contributed by atoms with Crippen molar-refractivity contribution in [2.24, 2.45) is 0 Å². The molecule has 1 saturated heterocycles. The minimum absolute atomic E-state index is 0.0399. The van der Waals surface area contributed by atoms with Gasteiger partial charge in [-0.3, -0.25) is 9.10 Å². The minimum atomic E-state index is -3.72. The van der Waals surface area contributed by atoms with Crippen molar-refractivity contribution in [2.75, 3.05) is 24.5 Å². The van der Waals surface area contributed by atoms with E-state index in [9.17, 15) is 13.2 Å². The monoisotopic (exact) mass is 470 g/mol. The maximum Gasteiger partial charge on any atom is 0.264 e. The molecule has 1 atom stereocenters. The number of benzene rings is 2. The Bertz CT molecular complexity index is 1120. The molecule has 0 saturated carbocycles. The molecule has 1 amide bonds. The van der Waals surface area contributed by atoms with E-state index >= 15 is 0 Å². The van der Waals surface area contributed by atoms with E-state index in [0.29, 0.717) is 24.3 Å². The summed E-state index contributed by atoms with van der Waals surface area (Å²) >= 11 is 1.61. The number of para-hydroxylation sites is 1. The molecule has 0 N–H and O–H groups in total. The fourth-order valence-electron chi connectivity index (χ4n) is 3.73. The van der Waals surface area contributed by atoms with Gasteiger partial charge in [0.05, 0.1) is 23.2 Å². The van der Waals surface area contributed by atoms with Gasteiger partial charge in [0, 0.05) is 30.6 Å². The fraction of sp³-hybridized carbons (Fsp3) is 0.292. The van der Waals surface area contributed by atoms with Gasteiger partial charge in [-0.25, -0.2) is 8.42 Å². The van der Waals surface area contributed by atoms with Crippen molar-refractivity contribution < 1.29 is 17.9 Å². The average molecular weight is 471 g/mol. The average Bonchev–Trinajstić information content (AvgIpc) is 3.53. The highest BCUT2D eigenvalue weighted by Crippen LogP contribution is 2.23. The van der Waals surface area contributed by atoms with Gasteiger partial charge in [0.1, 0.15) is 0 Å². The van der Waals surface area contributed by atoms with Crippen LogP contribution in [-0.2, 0) is 21.3 Å². The SMILES string of the molecule is CN(c1ccccc1)S(=O)(=O)c1ccc(C(=O)N(Cc2cccs2)CC2CCCO2)cc1. The molecule has 3 aromatic rings. The maximum atomic E-state index is 13.3. The first-order valence-electron chi connectivity index (χ1n) is 10.5. The second-order valence-corrected chi connectivity index (χ2v) is 10.7. The van der Waals surface area contributed by atoms with Crippen LogP contribution in [0.5, 0.6) is 0 Å². The van der Waals surface area contributed by atoms with Crippen LogP contribution in [0.4, 0.5) is 5.69 Å². The lowest BCUT2D eigenvalue weighted by atomic mass is 10.1. The number of hydrogen-bond acceptors (Lipinski definition) is 5. The molecule has 0 spiro atoms. The molecule has 168 valence electrons. The Morgan fingerprint density at radius 3 is 2.44 bits per heavy atom. The Balaban J connectivity index is 1.53. The van der Waals surface area contributed by atoms with Crippen molar-refractivity contribution in [2.45, 2.75) is 30.4 Å². The molecule has 0 aliphatic carbocycles. The second-order valence-electron chi connectivity index (χ2n) is 7.73. The minimum Gasteiger partial charge on any atom is -0.376 e. The van der Waals surface area contributed by atoms with Crippen molar-refractivity contribution >= 4 is 33.0 Å². The maximum absolute atomic E-state index is 13.3. The third-order valence-electron chi connectivity index (χ3n) is 5.54. The predicted molar refractivity (Wildman–Crippen MR) is 127 cm³/mol. The largest absolute Gasteiger partial charge is 0.376 e. The molecular formula is C24H26N2O4S2. The normalized spacial score (nSPS) is 16.1. The van der Waals surface area contributed by atoms with Gasteiger partial charge < -0.3 is 9.64 Å². The topological polar surface area (TPSA) is 66.9 Å². The number of carbonyl (C=O) groups excluding carboxylic acids is 1. The highest BCUT2D eigenvalue weighted by Gasteiger charge is 2.25. The van der Waals surface area contributed by atoms with Gasteiger partial charge in [-0.1, -0.05) is 24.3 Å². The predicted octanol–water partition coefficient (Wildman–Crippen LogP) is 4.39. The van der Waals surface area contributed by atoms with E-state index in [4.69, 9.17) is 4.74 Å². The molecule has 2 heterocycles. The molecule has 1 aliphatic heterocycles. The summed E-state index contributed by atoms with van der Waals surface area (Å²) < 4.78 is 33.0. The zero-order valence-electron chi connectivity index (χ0n) is 17.9. The lowest BCUT2D eigenvalue weighted by Gasteiger charge is -2.25. The number of sulfonamides is 1. The highest BCUT2D eigenvalue weighted by molar-refractivity contribution is 7.92. The Labute approximate surface area is 193 Å². The molecule has 1 unspecified atom stereocenters. The summed E-state index contributed by atoms with van der Waals surface area (Å²) in [5.41, 5.74) is 1.03. The van der Waals surface area contributed by atoms with Crippen LogP contribution in [0.15, 0.2) is 77.0 Å². The van der Waals surface area contributed by atoms with Gasteiger partial charge in [0.25, 0.3) is 15.9 Å². The summed E-state index contributed by atoms with van der Waals surface area (Å²) in [6.45, 7) is 1.76. The van der Waals surface area contributed by atoms with E-state index in [-0.39, 0.29) is 16.9 Å². The summed E-state index contributed by atoms with van der Waals surface area (Å²) in [5.74, 6) is -0.130. The van der Waals surface area contributed by atoms with E-state index in [1.54, 1.807) is 52.6 Å². The first-order chi connectivity index (χ1) is 15.4. The number of nitrogens with zero attached hydrogens (tertiary/aromatic N) is 2. The number of carbonyl (C=O) groups is 1. The van der Waals surface area contributed by atoms with Gasteiger partial charge in [-0.15, -0.1) is 11.3 Å². The summed E-state index contributed by atoms with van der Waals surface area (Å²) in [6.07, 6.45) is 1.99. The van der Waals surface area contributed by atoms with E-state index in [2.05, 4.69) is 0 Å². The Hall–Kier alpha value is -2.68. The lowest BCUT2D eigenvalue weighted by Crippen LogP contribution is -2.36. The van der Waals surface area contributed by atoms with Gasteiger partial charge in [-0.2, -0.15) is 0 Å². The van der Waals surface area contributed by atoms with E-state index in [1.165, 1.54) is 23.5 Å². The molecule has 8 heteroatoms. The van der Waals surface area contributed by atoms with E-state index in [0.717, 1.165) is 24.3 Å². The Kier molecular flexibility index (Phi) is 6.93. The Morgan fingerprint density at radius 1 is 1.06 bits per heavy atom. The number of hydrogen-bond donors (Lipinski definition) is 0. The van der Waals surface area contributed by atoms with Crippen molar-refractivity contribution in [1.82, 2.24) is 4.90 Å². The first-order valence-corrected chi connectivity index (χ1v) is 12.8. The van der Waals surface area contributed by atoms with E-state index in [1.807, 2.05) is 23.6 Å². The zero-order valence-corrected chi connectivity index (χ0v) is 19.5. The molecule has 2 aromatic carbocycles. The van der Waals surface area contributed by atoms with Crippen LogP contribution in [0.2, 0.25) is 0 Å². The highest BCUT2D eigenvalue weighted by atomic mass is 32.2. The van der Waals surface area contributed by atoms with Crippen LogP contribution in [0, 0.1) is 0 Å². The summed E-state index contributed by atoms with van der Waals surface area (Å²) in [5, 5.41) is 1.99. The zero-order chi connectivity index (χ0) is 22.6. The number of thiophene rings is 1. The number of anilines is 1. The number of rotatable bonds is 8. The van der Waals surface area contributed by atoms with Crippen molar-refractivity contribution in [3.63, 3.8) is 0 Å². The molecule has 6 nitrogen and oxygen atoms in total. The molecule has 0 radical (unpaired) electrons. The quantitative estimate of drug-likeness (QED) is 0.490. The number of ether oxygens (including phenoxy) is 1. The molecule has 1 aliphatic rings.